The highest BCUT2D eigenvalue weighted by Gasteiger charge is 2.59. The van der Waals surface area contributed by atoms with Crippen LogP contribution in [0.1, 0.15) is 112 Å². The predicted molar refractivity (Wildman–Crippen MR) is 308 cm³/mol. The van der Waals surface area contributed by atoms with Crippen molar-refractivity contribution in [1.82, 2.24) is 0 Å². The Kier molecular flexibility index (Phi) is 9.32. The van der Waals surface area contributed by atoms with Crippen molar-refractivity contribution in [2.24, 2.45) is 0 Å². The van der Waals surface area contributed by atoms with Gasteiger partial charge in [-0.1, -0.05) is 185 Å². The van der Waals surface area contributed by atoms with Gasteiger partial charge in [-0.3, -0.25) is 0 Å². The number of nitrogens with zero attached hydrogens (tertiary/aromatic N) is 2. The fraction of sp³-hybridized carbons (Fsp3) is 0.239. The molecule has 3 heterocycles. The molecular formula is C71H62N2O. The lowest BCUT2D eigenvalue weighted by atomic mass is 9.61. The number of fused-ring (bicyclic) bond motifs is 13. The van der Waals surface area contributed by atoms with Gasteiger partial charge in [0.2, 0.25) is 0 Å². The molecule has 5 aliphatic rings. The van der Waals surface area contributed by atoms with Gasteiger partial charge in [0.1, 0.15) is 11.2 Å². The molecule has 362 valence electrons. The molecule has 2 saturated carbocycles. The molecule has 10 aromatic rings. The van der Waals surface area contributed by atoms with E-state index in [2.05, 4.69) is 244 Å². The van der Waals surface area contributed by atoms with Crippen LogP contribution in [0.2, 0.25) is 0 Å². The van der Waals surface area contributed by atoms with Gasteiger partial charge in [0.15, 0.2) is 0 Å². The Balaban J connectivity index is 0.993. The first-order chi connectivity index (χ1) is 36.2. The smallest absolute Gasteiger partial charge is 0.143 e. The number of hydrogen-bond acceptors (Lipinski definition) is 3. The van der Waals surface area contributed by atoms with Gasteiger partial charge in [0.25, 0.3) is 0 Å². The topological polar surface area (TPSA) is 19.6 Å². The van der Waals surface area contributed by atoms with E-state index in [1.807, 2.05) is 0 Å². The minimum Gasteiger partial charge on any atom is -0.455 e. The summed E-state index contributed by atoms with van der Waals surface area (Å²) in [6.45, 7) is 10.2. The fourth-order valence-corrected chi connectivity index (χ4v) is 16.0. The van der Waals surface area contributed by atoms with Gasteiger partial charge in [-0.05, 0) is 161 Å². The Labute approximate surface area is 436 Å². The summed E-state index contributed by atoms with van der Waals surface area (Å²) >= 11 is 0. The maximum Gasteiger partial charge on any atom is 0.143 e. The SMILES string of the molecule is CC12CCCCC1(C)N(c1ccccc1)c1cc(-c3cc4c(c5c3oc3ccccc35)-c3ccc(-c5ccc6c(c5)C5(C)CCCCC5(C)N6c5ccccc5)cc3C4(c3ccccc3)c3ccccc3)ccc12. The molecule has 0 bridgehead atoms. The molecule has 1 aromatic heterocycles. The Morgan fingerprint density at radius 2 is 0.905 bits per heavy atom. The fourth-order valence-electron chi connectivity index (χ4n) is 16.0. The lowest BCUT2D eigenvalue weighted by molar-refractivity contribution is 0.195. The van der Waals surface area contributed by atoms with Crippen LogP contribution in [0.5, 0.6) is 0 Å². The standard InChI is InChI=1S/C71H62N2O/c1-67-39-19-21-41-69(67,3)73(53-29-15-8-16-30-53)62-45-49(34-37-57(62)67)56-46-60-64(65-55-31-17-18-32-63(55)74-66(56)65)54-36-33-47(43-58(54)71(60,50-23-9-5-10-24-50)51-25-11-6-12-26-51)48-35-38-61-59(44-48)68(2)40-20-22-42-70(68,4)72(61)52-27-13-7-14-28-52/h5-18,23-38,43-46H,19-22,39-42H2,1-4H3. The molecule has 0 N–H and O–H groups in total. The van der Waals surface area contributed by atoms with Gasteiger partial charge in [-0.2, -0.15) is 0 Å². The monoisotopic (exact) mass is 958 g/mol. The van der Waals surface area contributed by atoms with E-state index in [9.17, 15) is 0 Å². The van der Waals surface area contributed by atoms with Crippen molar-refractivity contribution in [2.45, 2.75) is 106 Å². The van der Waals surface area contributed by atoms with Crippen molar-refractivity contribution in [3.8, 4) is 33.4 Å². The van der Waals surface area contributed by atoms with Gasteiger partial charge in [-0.15, -0.1) is 0 Å². The maximum absolute atomic E-state index is 7.24. The molecule has 3 heteroatoms. The van der Waals surface area contributed by atoms with E-state index >= 15 is 0 Å². The molecule has 0 saturated heterocycles. The van der Waals surface area contributed by atoms with Crippen LogP contribution in [0.3, 0.4) is 0 Å². The zero-order chi connectivity index (χ0) is 49.6. The van der Waals surface area contributed by atoms with Crippen molar-refractivity contribution >= 4 is 44.7 Å². The van der Waals surface area contributed by atoms with Crippen molar-refractivity contribution in [1.29, 1.82) is 0 Å². The van der Waals surface area contributed by atoms with E-state index in [-0.39, 0.29) is 21.9 Å². The van der Waals surface area contributed by atoms with Crippen LogP contribution in [-0.4, -0.2) is 11.1 Å². The Hall–Kier alpha value is -7.62. The van der Waals surface area contributed by atoms with Crippen LogP contribution in [0, 0.1) is 0 Å². The normalized spacial score (nSPS) is 24.1. The number of rotatable bonds is 6. The molecule has 2 aliphatic heterocycles. The Morgan fingerprint density at radius 1 is 0.392 bits per heavy atom. The molecule has 3 nitrogen and oxygen atoms in total. The van der Waals surface area contributed by atoms with E-state index in [0.717, 1.165) is 28.5 Å². The molecule has 4 atom stereocenters. The molecule has 0 amide bonds. The highest BCUT2D eigenvalue weighted by molar-refractivity contribution is 6.19. The second kappa shape index (κ2) is 15.7. The number of para-hydroxylation sites is 3. The Morgan fingerprint density at radius 3 is 1.54 bits per heavy atom. The molecular weight excluding hydrogens is 897 g/mol. The van der Waals surface area contributed by atoms with Gasteiger partial charge in [0, 0.05) is 49.9 Å². The third-order valence-corrected chi connectivity index (χ3v) is 20.0. The van der Waals surface area contributed by atoms with Crippen LogP contribution >= 0.6 is 0 Å². The average molecular weight is 959 g/mol. The van der Waals surface area contributed by atoms with Gasteiger partial charge in [0.05, 0.1) is 16.5 Å². The average Bonchev–Trinajstić information content (AvgIpc) is 4.27. The lowest BCUT2D eigenvalue weighted by Crippen LogP contribution is -2.54. The molecule has 0 radical (unpaired) electrons. The van der Waals surface area contributed by atoms with Crippen LogP contribution < -0.4 is 9.80 Å². The first kappa shape index (κ1) is 43.9. The van der Waals surface area contributed by atoms with Crippen molar-refractivity contribution in [3.05, 3.63) is 240 Å². The third-order valence-electron chi connectivity index (χ3n) is 20.0. The predicted octanol–water partition coefficient (Wildman–Crippen LogP) is 18.8. The number of furan rings is 1. The van der Waals surface area contributed by atoms with Gasteiger partial charge >= 0.3 is 0 Å². The summed E-state index contributed by atoms with van der Waals surface area (Å²) in [4.78, 5) is 5.39. The van der Waals surface area contributed by atoms with Crippen LogP contribution in [0.4, 0.5) is 22.7 Å². The van der Waals surface area contributed by atoms with E-state index < -0.39 is 5.41 Å². The Bertz CT molecular complexity index is 3840. The second-order valence-corrected chi connectivity index (χ2v) is 23.3. The van der Waals surface area contributed by atoms with E-state index in [4.69, 9.17) is 4.42 Å². The van der Waals surface area contributed by atoms with Crippen molar-refractivity contribution in [3.63, 3.8) is 0 Å². The van der Waals surface area contributed by atoms with Crippen LogP contribution in [-0.2, 0) is 16.2 Å². The number of benzene rings is 9. The quantitative estimate of drug-likeness (QED) is 0.166. The summed E-state index contributed by atoms with van der Waals surface area (Å²) in [7, 11) is 0. The summed E-state index contributed by atoms with van der Waals surface area (Å²) in [5.74, 6) is 0. The maximum atomic E-state index is 7.24. The van der Waals surface area contributed by atoms with E-state index in [1.54, 1.807) is 0 Å². The van der Waals surface area contributed by atoms with Gasteiger partial charge in [-0.25, -0.2) is 0 Å². The first-order valence-corrected chi connectivity index (χ1v) is 27.4. The molecule has 74 heavy (non-hydrogen) atoms. The first-order valence-electron chi connectivity index (χ1n) is 27.4. The molecule has 4 unspecified atom stereocenters. The highest BCUT2D eigenvalue weighted by Crippen LogP contribution is 2.65. The third kappa shape index (κ3) is 5.63. The van der Waals surface area contributed by atoms with E-state index in [1.165, 1.54) is 134 Å². The van der Waals surface area contributed by atoms with Crippen molar-refractivity contribution < 1.29 is 4.42 Å². The highest BCUT2D eigenvalue weighted by atomic mass is 16.3. The van der Waals surface area contributed by atoms with Gasteiger partial charge < -0.3 is 14.2 Å². The number of hydrogen-bond donors (Lipinski definition) is 0. The summed E-state index contributed by atoms with van der Waals surface area (Å²) in [6.07, 6.45) is 9.68. The minimum absolute atomic E-state index is 0.00466. The summed E-state index contributed by atoms with van der Waals surface area (Å²) in [6, 6.07) is 78.5. The summed E-state index contributed by atoms with van der Waals surface area (Å²) in [5, 5.41) is 2.34. The van der Waals surface area contributed by atoms with Crippen LogP contribution in [0.25, 0.3) is 55.3 Å². The molecule has 9 aromatic carbocycles. The van der Waals surface area contributed by atoms with Crippen molar-refractivity contribution in [2.75, 3.05) is 9.80 Å². The van der Waals surface area contributed by atoms with E-state index in [0.29, 0.717) is 0 Å². The molecule has 15 rings (SSSR count). The summed E-state index contributed by atoms with van der Waals surface area (Å²) in [5.41, 5.74) is 21.8. The number of anilines is 4. The molecule has 3 aliphatic carbocycles. The largest absolute Gasteiger partial charge is 0.455 e. The van der Waals surface area contributed by atoms with Crippen LogP contribution in [0.15, 0.2) is 211 Å². The zero-order valence-corrected chi connectivity index (χ0v) is 43.1. The minimum atomic E-state index is -0.651. The second-order valence-electron chi connectivity index (χ2n) is 23.3. The zero-order valence-electron chi connectivity index (χ0n) is 43.1. The summed E-state index contributed by atoms with van der Waals surface area (Å²) < 4.78 is 7.24. The molecule has 0 spiro atoms. The lowest BCUT2D eigenvalue weighted by Gasteiger charge is -2.50. The molecule has 2 fully saturated rings.